The van der Waals surface area contributed by atoms with E-state index in [-0.39, 0.29) is 5.56 Å². The summed E-state index contributed by atoms with van der Waals surface area (Å²) in [6.07, 6.45) is 0.855. The number of amides is 1. The van der Waals surface area contributed by atoms with E-state index in [4.69, 9.17) is 14.2 Å². The average molecular weight is 466 g/mol. The fourth-order valence-electron chi connectivity index (χ4n) is 3.39. The zero-order chi connectivity index (χ0) is 24.7. The Morgan fingerprint density at radius 1 is 0.971 bits per heavy atom. The lowest BCUT2D eigenvalue weighted by Crippen LogP contribution is -2.21. The van der Waals surface area contributed by atoms with Gasteiger partial charge in [-0.3, -0.25) is 4.79 Å². The molecule has 1 heterocycles. The molecule has 0 unspecified atom stereocenters. The van der Waals surface area contributed by atoms with E-state index in [2.05, 4.69) is 10.4 Å². The number of nitrogens with one attached hydrogen (secondary N) is 1. The quantitative estimate of drug-likeness (QED) is 0.433. The maximum absolute atomic E-state index is 12.5. The van der Waals surface area contributed by atoms with Crippen LogP contribution in [0.3, 0.4) is 0 Å². The molecular weight excluding hydrogens is 434 g/mol. The molecule has 0 saturated heterocycles. The fourth-order valence-corrected chi connectivity index (χ4v) is 3.39. The molecule has 1 N–H and O–H groups in total. The maximum atomic E-state index is 12.5. The Kier molecular flexibility index (Phi) is 8.29. The molecule has 0 atom stereocenters. The lowest BCUT2D eigenvalue weighted by atomic mass is 10.2. The predicted molar refractivity (Wildman–Crippen MR) is 130 cm³/mol. The molecule has 2 aromatic carbocycles. The van der Waals surface area contributed by atoms with Crippen molar-refractivity contribution >= 4 is 17.6 Å². The van der Waals surface area contributed by atoms with Crippen molar-refractivity contribution in [2.45, 2.75) is 41.0 Å². The molecule has 8 nitrogen and oxygen atoms in total. The van der Waals surface area contributed by atoms with Gasteiger partial charge < -0.3 is 19.5 Å². The molecule has 0 radical (unpaired) electrons. The highest BCUT2D eigenvalue weighted by Crippen LogP contribution is 2.29. The van der Waals surface area contributed by atoms with Crippen molar-refractivity contribution < 1.29 is 23.8 Å². The normalized spacial score (nSPS) is 10.6. The summed E-state index contributed by atoms with van der Waals surface area (Å²) in [5.41, 5.74) is 4.37. The van der Waals surface area contributed by atoms with Crippen LogP contribution >= 0.6 is 0 Å². The summed E-state index contributed by atoms with van der Waals surface area (Å²) < 4.78 is 18.2. The Balaban J connectivity index is 1.64. The van der Waals surface area contributed by atoms with Gasteiger partial charge in [-0.1, -0.05) is 24.6 Å². The highest BCUT2D eigenvalue weighted by Gasteiger charge is 2.18. The number of benzene rings is 2. The molecule has 34 heavy (non-hydrogen) atoms. The van der Waals surface area contributed by atoms with E-state index in [0.29, 0.717) is 36.1 Å². The van der Waals surface area contributed by atoms with Gasteiger partial charge >= 0.3 is 5.97 Å². The molecule has 0 saturated carbocycles. The summed E-state index contributed by atoms with van der Waals surface area (Å²) in [4.78, 5) is 25.0. The Morgan fingerprint density at radius 2 is 1.71 bits per heavy atom. The lowest BCUT2D eigenvalue weighted by Gasteiger charge is -2.13. The molecule has 1 amide bonds. The molecule has 0 spiro atoms. The highest BCUT2D eigenvalue weighted by molar-refractivity contribution is 5.96. The van der Waals surface area contributed by atoms with Crippen LogP contribution in [0.15, 0.2) is 42.5 Å². The number of hydrogen-bond acceptors (Lipinski definition) is 6. The summed E-state index contributed by atoms with van der Waals surface area (Å²) in [5.74, 6) is -0.0444. The molecule has 8 heteroatoms. The van der Waals surface area contributed by atoms with Crippen LogP contribution in [-0.4, -0.2) is 41.5 Å². The Morgan fingerprint density at radius 3 is 2.38 bits per heavy atom. The molecule has 0 aliphatic heterocycles. The van der Waals surface area contributed by atoms with Gasteiger partial charge in [0, 0.05) is 0 Å². The number of aryl methyl sites for hydroxylation is 2. The van der Waals surface area contributed by atoms with Crippen LogP contribution in [-0.2, 0) is 9.53 Å². The van der Waals surface area contributed by atoms with Crippen molar-refractivity contribution in [2.75, 3.05) is 25.1 Å². The largest absolute Gasteiger partial charge is 0.490 e. The SMILES string of the molecule is CCCOc1ccc(C(=O)OCC(=O)Nc2c(C)nn(-c3ccc(C)cc3)c2C)cc1OCC. The third-order valence-electron chi connectivity index (χ3n) is 5.11. The minimum Gasteiger partial charge on any atom is -0.490 e. The number of rotatable bonds is 10. The molecule has 0 aliphatic rings. The molecule has 180 valence electrons. The molecule has 1 aromatic heterocycles. The van der Waals surface area contributed by atoms with Crippen LogP contribution in [0.2, 0.25) is 0 Å². The Bertz CT molecular complexity index is 1150. The van der Waals surface area contributed by atoms with Gasteiger partial charge in [-0.05, 0) is 64.4 Å². The maximum Gasteiger partial charge on any atom is 0.338 e. The second-order valence-corrected chi connectivity index (χ2v) is 7.86. The fraction of sp³-hybridized carbons (Fsp3) is 0.346. The smallest absolute Gasteiger partial charge is 0.338 e. The van der Waals surface area contributed by atoms with Crippen molar-refractivity contribution in [1.82, 2.24) is 9.78 Å². The van der Waals surface area contributed by atoms with E-state index >= 15 is 0 Å². The van der Waals surface area contributed by atoms with E-state index in [1.165, 1.54) is 0 Å². The zero-order valence-electron chi connectivity index (χ0n) is 20.3. The van der Waals surface area contributed by atoms with Gasteiger partial charge in [0.2, 0.25) is 0 Å². The minimum atomic E-state index is -0.623. The molecule has 3 rings (SSSR count). The second kappa shape index (κ2) is 11.4. The molecule has 0 bridgehead atoms. The van der Waals surface area contributed by atoms with Crippen LogP contribution in [0.1, 0.15) is 47.6 Å². The lowest BCUT2D eigenvalue weighted by molar-refractivity contribution is -0.119. The zero-order valence-corrected chi connectivity index (χ0v) is 20.3. The first kappa shape index (κ1) is 24.8. The average Bonchev–Trinajstić information content (AvgIpc) is 3.10. The predicted octanol–water partition coefficient (Wildman–Crippen LogP) is 4.78. The third-order valence-corrected chi connectivity index (χ3v) is 5.11. The number of esters is 1. The van der Waals surface area contributed by atoms with E-state index < -0.39 is 18.5 Å². The van der Waals surface area contributed by atoms with Crippen molar-refractivity contribution in [3.8, 4) is 17.2 Å². The first-order valence-corrected chi connectivity index (χ1v) is 11.3. The summed E-state index contributed by atoms with van der Waals surface area (Å²) >= 11 is 0. The van der Waals surface area contributed by atoms with Gasteiger partial charge in [-0.25, -0.2) is 9.48 Å². The number of nitrogens with zero attached hydrogens (tertiary/aromatic N) is 2. The van der Waals surface area contributed by atoms with Crippen LogP contribution in [0.25, 0.3) is 5.69 Å². The van der Waals surface area contributed by atoms with E-state index in [0.717, 1.165) is 23.4 Å². The number of carbonyl (C=O) groups excluding carboxylic acids is 2. The van der Waals surface area contributed by atoms with E-state index in [1.54, 1.807) is 22.9 Å². The third kappa shape index (κ3) is 5.95. The molecular formula is C26H31N3O5. The first-order valence-electron chi connectivity index (χ1n) is 11.3. The number of carbonyl (C=O) groups is 2. The van der Waals surface area contributed by atoms with Gasteiger partial charge in [0.25, 0.3) is 5.91 Å². The van der Waals surface area contributed by atoms with Crippen LogP contribution in [0, 0.1) is 20.8 Å². The molecule has 0 fully saturated rings. The first-order chi connectivity index (χ1) is 16.3. The Hall–Kier alpha value is -3.81. The van der Waals surface area contributed by atoms with Crippen LogP contribution in [0.4, 0.5) is 5.69 Å². The van der Waals surface area contributed by atoms with Crippen molar-refractivity contribution in [2.24, 2.45) is 0 Å². The van der Waals surface area contributed by atoms with Crippen molar-refractivity contribution in [1.29, 1.82) is 0 Å². The summed E-state index contributed by atoms with van der Waals surface area (Å²) in [7, 11) is 0. The summed E-state index contributed by atoms with van der Waals surface area (Å²) in [6, 6.07) is 12.8. The van der Waals surface area contributed by atoms with Gasteiger partial charge in [0.1, 0.15) is 0 Å². The standard InChI is InChI=1S/C26H31N3O5/c1-6-14-33-22-13-10-20(15-23(22)32-7-2)26(31)34-16-24(30)27-25-18(4)28-29(19(25)5)21-11-8-17(3)9-12-21/h8-13,15H,6-7,14,16H2,1-5H3,(H,27,30). The summed E-state index contributed by atoms with van der Waals surface area (Å²) in [5, 5.41) is 7.34. The van der Waals surface area contributed by atoms with Gasteiger partial charge in [0.15, 0.2) is 18.1 Å². The topological polar surface area (TPSA) is 91.7 Å². The molecule has 3 aromatic rings. The van der Waals surface area contributed by atoms with Gasteiger partial charge in [-0.15, -0.1) is 0 Å². The van der Waals surface area contributed by atoms with Crippen molar-refractivity contribution in [3.05, 3.63) is 65.0 Å². The van der Waals surface area contributed by atoms with Gasteiger partial charge in [0.05, 0.1) is 41.5 Å². The van der Waals surface area contributed by atoms with Gasteiger partial charge in [-0.2, -0.15) is 5.10 Å². The number of hydrogen-bond donors (Lipinski definition) is 1. The molecule has 0 aliphatic carbocycles. The van der Waals surface area contributed by atoms with E-state index in [9.17, 15) is 9.59 Å². The van der Waals surface area contributed by atoms with Crippen LogP contribution in [0.5, 0.6) is 11.5 Å². The summed E-state index contributed by atoms with van der Waals surface area (Å²) in [6.45, 7) is 10.1. The van der Waals surface area contributed by atoms with Crippen LogP contribution < -0.4 is 14.8 Å². The van der Waals surface area contributed by atoms with Crippen molar-refractivity contribution in [3.63, 3.8) is 0 Å². The second-order valence-electron chi connectivity index (χ2n) is 7.86. The number of aromatic nitrogens is 2. The monoisotopic (exact) mass is 465 g/mol. The Labute approximate surface area is 199 Å². The minimum absolute atomic E-state index is 0.277. The number of ether oxygens (including phenoxy) is 3. The highest BCUT2D eigenvalue weighted by atomic mass is 16.5. The number of anilines is 1. The van der Waals surface area contributed by atoms with E-state index in [1.807, 2.05) is 58.9 Å².